The van der Waals surface area contributed by atoms with Gasteiger partial charge in [-0.05, 0) is 25.2 Å². The highest BCUT2D eigenvalue weighted by molar-refractivity contribution is 8.13. The second kappa shape index (κ2) is 8.84. The van der Waals surface area contributed by atoms with Crippen LogP contribution in [0.2, 0.25) is 0 Å². The van der Waals surface area contributed by atoms with Gasteiger partial charge in [-0.25, -0.2) is 0 Å². The van der Waals surface area contributed by atoms with Crippen molar-refractivity contribution in [3.8, 4) is 0 Å². The second-order valence-electron chi connectivity index (χ2n) is 4.95. The second-order valence-corrected chi connectivity index (χ2v) is 6.03. The Bertz CT molecular complexity index is 228. The van der Waals surface area contributed by atoms with Crippen LogP contribution in [0.25, 0.3) is 0 Å². The highest BCUT2D eigenvalue weighted by Gasteiger charge is 2.15. The van der Waals surface area contributed by atoms with Gasteiger partial charge in [-0.2, -0.15) is 0 Å². The molecule has 2 nitrogen and oxygen atoms in total. The average molecular weight is 256 g/mol. The lowest BCUT2D eigenvalue weighted by molar-refractivity contribution is 0.461. The number of unbranched alkanes of at least 4 members (excludes halogenated alkanes) is 1. The van der Waals surface area contributed by atoms with Crippen LogP contribution in [0.5, 0.6) is 0 Å². The Morgan fingerprint density at radius 3 is 2.88 bits per heavy atom. The van der Waals surface area contributed by atoms with E-state index in [1.165, 1.54) is 49.4 Å². The van der Waals surface area contributed by atoms with Crippen molar-refractivity contribution in [1.29, 1.82) is 0 Å². The highest BCUT2D eigenvalue weighted by Crippen LogP contribution is 2.18. The maximum absolute atomic E-state index is 4.77. The van der Waals surface area contributed by atoms with Gasteiger partial charge in [-0.1, -0.05) is 51.8 Å². The minimum absolute atomic E-state index is 0.658. The standard InChI is InChI=1S/C14H28N2S/c1-4-7-8-12(5-2)11-15-14-16-13(6-3)9-10-17-14/h12-13H,4-11H2,1-3H3,(H,15,16). The average Bonchev–Trinajstić information content (AvgIpc) is 2.39. The largest absolute Gasteiger partial charge is 0.362 e. The molecule has 1 aliphatic heterocycles. The highest BCUT2D eigenvalue weighted by atomic mass is 32.2. The summed E-state index contributed by atoms with van der Waals surface area (Å²) in [5.74, 6) is 2.02. The molecule has 0 aromatic rings. The van der Waals surface area contributed by atoms with Gasteiger partial charge in [-0.3, -0.25) is 4.99 Å². The molecule has 1 rings (SSSR count). The number of rotatable bonds is 7. The van der Waals surface area contributed by atoms with Crippen molar-refractivity contribution < 1.29 is 0 Å². The van der Waals surface area contributed by atoms with Gasteiger partial charge in [-0.15, -0.1) is 0 Å². The van der Waals surface area contributed by atoms with E-state index in [2.05, 4.69) is 26.1 Å². The Kier molecular flexibility index (Phi) is 7.74. The molecule has 17 heavy (non-hydrogen) atoms. The molecule has 0 amide bonds. The van der Waals surface area contributed by atoms with Crippen LogP contribution in [0.3, 0.4) is 0 Å². The Labute approximate surface area is 111 Å². The molecular weight excluding hydrogens is 228 g/mol. The first-order valence-electron chi connectivity index (χ1n) is 7.23. The molecular formula is C14H28N2S. The Hall–Kier alpha value is -0.180. The van der Waals surface area contributed by atoms with Crippen molar-refractivity contribution in [2.75, 3.05) is 12.3 Å². The van der Waals surface area contributed by atoms with Gasteiger partial charge in [0.25, 0.3) is 0 Å². The lowest BCUT2D eigenvalue weighted by Crippen LogP contribution is -2.37. The van der Waals surface area contributed by atoms with Crippen molar-refractivity contribution in [3.05, 3.63) is 0 Å². The van der Waals surface area contributed by atoms with Crippen LogP contribution < -0.4 is 5.32 Å². The molecule has 0 aromatic heterocycles. The molecule has 1 saturated heterocycles. The van der Waals surface area contributed by atoms with Crippen LogP contribution in [0.15, 0.2) is 4.99 Å². The molecule has 1 fully saturated rings. The van der Waals surface area contributed by atoms with E-state index in [0.29, 0.717) is 6.04 Å². The molecule has 1 heterocycles. The fraction of sp³-hybridized carbons (Fsp3) is 0.929. The maximum Gasteiger partial charge on any atom is 0.156 e. The fourth-order valence-electron chi connectivity index (χ4n) is 2.11. The first kappa shape index (κ1) is 14.9. The third-order valence-corrected chi connectivity index (χ3v) is 4.52. The van der Waals surface area contributed by atoms with Crippen molar-refractivity contribution in [1.82, 2.24) is 5.32 Å². The van der Waals surface area contributed by atoms with Gasteiger partial charge >= 0.3 is 0 Å². The molecule has 3 heteroatoms. The Morgan fingerprint density at radius 2 is 2.24 bits per heavy atom. The van der Waals surface area contributed by atoms with Crippen LogP contribution in [0.1, 0.15) is 59.3 Å². The SMILES string of the molecule is CCCCC(CC)CN=C1NC(CC)CCS1. The van der Waals surface area contributed by atoms with Gasteiger partial charge in [0.2, 0.25) is 0 Å². The molecule has 0 aromatic carbocycles. The summed E-state index contributed by atoms with van der Waals surface area (Å²) in [5.41, 5.74) is 0. The summed E-state index contributed by atoms with van der Waals surface area (Å²) in [6.07, 6.45) is 7.75. The fourth-order valence-corrected chi connectivity index (χ4v) is 3.12. The van der Waals surface area contributed by atoms with Gasteiger partial charge in [0.05, 0.1) is 0 Å². The number of nitrogens with zero attached hydrogens (tertiary/aromatic N) is 1. The lowest BCUT2D eigenvalue weighted by atomic mass is 10.00. The molecule has 2 unspecified atom stereocenters. The maximum atomic E-state index is 4.77. The molecule has 1 N–H and O–H groups in total. The number of aliphatic imine (C=N–C) groups is 1. The van der Waals surface area contributed by atoms with E-state index in [-0.39, 0.29) is 0 Å². The number of hydrogen-bond acceptors (Lipinski definition) is 2. The smallest absolute Gasteiger partial charge is 0.156 e. The van der Waals surface area contributed by atoms with Gasteiger partial charge in [0.15, 0.2) is 5.17 Å². The summed E-state index contributed by atoms with van der Waals surface area (Å²) in [6, 6.07) is 0.658. The predicted octanol–water partition coefficient (Wildman–Crippen LogP) is 4.06. The molecule has 0 radical (unpaired) electrons. The number of hydrogen-bond donors (Lipinski definition) is 1. The van der Waals surface area contributed by atoms with Gasteiger partial charge in [0, 0.05) is 18.3 Å². The zero-order valence-electron chi connectivity index (χ0n) is 11.7. The molecule has 0 spiro atoms. The number of thioether (sulfide) groups is 1. The van der Waals surface area contributed by atoms with E-state index in [0.717, 1.165) is 12.5 Å². The van der Waals surface area contributed by atoms with Crippen LogP contribution >= 0.6 is 11.8 Å². The van der Waals surface area contributed by atoms with Crippen molar-refractivity contribution in [2.24, 2.45) is 10.9 Å². The van der Waals surface area contributed by atoms with Crippen molar-refractivity contribution in [3.63, 3.8) is 0 Å². The van der Waals surface area contributed by atoms with Crippen LogP contribution in [0, 0.1) is 5.92 Å². The minimum atomic E-state index is 0.658. The Balaban J connectivity index is 2.34. The Morgan fingerprint density at radius 1 is 1.41 bits per heavy atom. The zero-order chi connectivity index (χ0) is 12.5. The summed E-state index contributed by atoms with van der Waals surface area (Å²) in [6.45, 7) is 7.82. The van der Waals surface area contributed by atoms with E-state index in [9.17, 15) is 0 Å². The van der Waals surface area contributed by atoms with Crippen LogP contribution in [0.4, 0.5) is 0 Å². The first-order chi connectivity index (χ1) is 8.30. The van der Waals surface area contributed by atoms with Gasteiger partial charge in [0.1, 0.15) is 0 Å². The topological polar surface area (TPSA) is 24.4 Å². The van der Waals surface area contributed by atoms with E-state index < -0.39 is 0 Å². The summed E-state index contributed by atoms with van der Waals surface area (Å²) in [7, 11) is 0. The number of amidine groups is 1. The number of nitrogens with one attached hydrogen (secondary N) is 1. The third-order valence-electron chi connectivity index (χ3n) is 3.56. The minimum Gasteiger partial charge on any atom is -0.362 e. The predicted molar refractivity (Wildman–Crippen MR) is 79.9 cm³/mol. The van der Waals surface area contributed by atoms with E-state index in [4.69, 9.17) is 4.99 Å². The summed E-state index contributed by atoms with van der Waals surface area (Å²) >= 11 is 1.90. The lowest BCUT2D eigenvalue weighted by Gasteiger charge is -2.24. The van der Waals surface area contributed by atoms with E-state index in [1.807, 2.05) is 11.8 Å². The molecule has 0 bridgehead atoms. The van der Waals surface area contributed by atoms with E-state index in [1.54, 1.807) is 0 Å². The normalized spacial score (nSPS) is 24.6. The molecule has 0 saturated carbocycles. The van der Waals surface area contributed by atoms with Gasteiger partial charge < -0.3 is 5.32 Å². The van der Waals surface area contributed by atoms with Crippen molar-refractivity contribution >= 4 is 16.9 Å². The molecule has 2 atom stereocenters. The van der Waals surface area contributed by atoms with Crippen LogP contribution in [-0.4, -0.2) is 23.5 Å². The molecule has 0 aliphatic carbocycles. The third kappa shape index (κ3) is 5.80. The zero-order valence-corrected chi connectivity index (χ0v) is 12.5. The monoisotopic (exact) mass is 256 g/mol. The first-order valence-corrected chi connectivity index (χ1v) is 8.22. The van der Waals surface area contributed by atoms with E-state index >= 15 is 0 Å². The molecule has 100 valence electrons. The van der Waals surface area contributed by atoms with Crippen molar-refractivity contribution in [2.45, 2.75) is 65.3 Å². The molecule has 1 aliphatic rings. The summed E-state index contributed by atoms with van der Waals surface area (Å²) in [4.78, 5) is 4.77. The van der Waals surface area contributed by atoms with Crippen LogP contribution in [-0.2, 0) is 0 Å². The summed E-state index contributed by atoms with van der Waals surface area (Å²) < 4.78 is 0. The summed E-state index contributed by atoms with van der Waals surface area (Å²) in [5, 5.41) is 4.74. The quantitative estimate of drug-likeness (QED) is 0.742.